The molecule has 0 saturated carbocycles. The minimum atomic E-state index is -3.98. The molecule has 0 rings (SSSR count). The molecule has 25 heavy (non-hydrogen) atoms. The van der Waals surface area contributed by atoms with E-state index in [9.17, 15) is 13.0 Å². The Balaban J connectivity index is 0. The normalized spacial score (nSPS) is 11.9. The third kappa shape index (κ3) is 18.9. The molecule has 0 aromatic heterocycles. The van der Waals surface area contributed by atoms with Crippen molar-refractivity contribution in [1.29, 1.82) is 0 Å². The van der Waals surface area contributed by atoms with Crippen molar-refractivity contribution >= 4 is 17.4 Å². The van der Waals surface area contributed by atoms with E-state index in [1.165, 1.54) is 69.6 Å². The van der Waals surface area contributed by atoms with E-state index in [-0.39, 0.29) is 5.75 Å². The molecule has 0 atom stereocenters. The quantitative estimate of drug-likeness (QED) is 0.179. The van der Waals surface area contributed by atoms with Crippen LogP contribution in [-0.2, 0) is 10.1 Å². The van der Waals surface area contributed by atoms with E-state index in [0.29, 0.717) is 6.42 Å². The van der Waals surface area contributed by atoms with E-state index < -0.39 is 17.4 Å². The van der Waals surface area contributed by atoms with Gasteiger partial charge in [-0.1, -0.05) is 64.7 Å². The zero-order valence-corrected chi connectivity index (χ0v) is 19.4. The molecule has 0 radical (unpaired) electrons. The fourth-order valence-corrected chi connectivity index (χ4v) is 6.35. The first kappa shape index (κ1) is 27.6. The Labute approximate surface area is 159 Å². The van der Waals surface area contributed by atoms with Gasteiger partial charge in [-0.05, 0) is 34.1 Å². The summed E-state index contributed by atoms with van der Waals surface area (Å²) in [5, 5.41) is 0. The van der Waals surface area contributed by atoms with E-state index >= 15 is 0 Å². The molecule has 0 spiro atoms. The van der Waals surface area contributed by atoms with Crippen molar-refractivity contribution in [3.63, 3.8) is 0 Å². The standard InChI is InChI=1S/C12H26O3S.C8H20P/c1-2-3-4-5-6-7-8-9-10-11-12-16(13,14)15;1-5-9(6-2,7-3)8-4/h2-12H2,1H3,(H,13,14,15);5-8H2,1-4H3/q;+1/p-1. The van der Waals surface area contributed by atoms with Gasteiger partial charge in [-0.2, -0.15) is 0 Å². The molecular weight excluding hydrogens is 351 g/mol. The molecule has 0 aromatic carbocycles. The lowest BCUT2D eigenvalue weighted by atomic mass is 10.1. The first-order valence-electron chi connectivity index (χ1n) is 10.6. The first-order valence-corrected chi connectivity index (χ1v) is 14.7. The average Bonchev–Trinajstić information content (AvgIpc) is 2.59. The molecule has 0 aliphatic carbocycles. The Hall–Kier alpha value is 0.340. The van der Waals surface area contributed by atoms with Crippen molar-refractivity contribution in [2.75, 3.05) is 30.4 Å². The third-order valence-corrected chi connectivity index (χ3v) is 11.6. The molecule has 154 valence electrons. The van der Waals surface area contributed by atoms with Gasteiger partial charge in [0, 0.05) is 13.0 Å². The highest BCUT2D eigenvalue weighted by molar-refractivity contribution is 7.85. The summed E-state index contributed by atoms with van der Waals surface area (Å²) in [7, 11) is -4.40. The van der Waals surface area contributed by atoms with Crippen molar-refractivity contribution in [2.45, 2.75) is 98.8 Å². The maximum atomic E-state index is 10.3. The molecule has 0 amide bonds. The van der Waals surface area contributed by atoms with Crippen LogP contribution < -0.4 is 0 Å². The zero-order chi connectivity index (χ0) is 19.6. The minimum absolute atomic E-state index is 0.191. The Kier molecular flexibility index (Phi) is 19.6. The summed E-state index contributed by atoms with van der Waals surface area (Å²) in [5.74, 6) is -0.191. The molecule has 5 heteroatoms. The summed E-state index contributed by atoms with van der Waals surface area (Å²) in [5.41, 5.74) is 0. The Morgan fingerprint density at radius 2 is 0.920 bits per heavy atom. The molecular formula is C20H45O3PS. The Morgan fingerprint density at radius 1 is 0.600 bits per heavy atom. The van der Waals surface area contributed by atoms with Gasteiger partial charge < -0.3 is 4.55 Å². The van der Waals surface area contributed by atoms with Crippen LogP contribution in [0.1, 0.15) is 98.8 Å². The molecule has 0 heterocycles. The zero-order valence-electron chi connectivity index (χ0n) is 17.7. The van der Waals surface area contributed by atoms with E-state index in [0.717, 1.165) is 12.8 Å². The van der Waals surface area contributed by atoms with E-state index in [1.807, 2.05) is 0 Å². The number of unbranched alkanes of at least 4 members (excludes halogenated alkanes) is 9. The van der Waals surface area contributed by atoms with E-state index in [2.05, 4.69) is 34.6 Å². The molecule has 0 aliphatic rings. The summed E-state index contributed by atoms with van der Waals surface area (Å²) in [6.45, 7) is 11.6. The fraction of sp³-hybridized carbons (Fsp3) is 1.00. The number of hydrogen-bond donors (Lipinski definition) is 0. The van der Waals surface area contributed by atoms with Gasteiger partial charge in [0.2, 0.25) is 0 Å². The number of rotatable bonds is 15. The minimum Gasteiger partial charge on any atom is -0.748 e. The van der Waals surface area contributed by atoms with Crippen LogP contribution in [0.25, 0.3) is 0 Å². The molecule has 0 unspecified atom stereocenters. The summed E-state index contributed by atoms with van der Waals surface area (Å²) < 4.78 is 30.9. The van der Waals surface area contributed by atoms with Crippen molar-refractivity contribution < 1.29 is 13.0 Å². The van der Waals surface area contributed by atoms with Crippen LogP contribution in [0.2, 0.25) is 0 Å². The SMILES string of the molecule is CCCCCCCCCCCCS(=O)(=O)[O-].CC[P+](CC)(CC)CC. The topological polar surface area (TPSA) is 57.2 Å². The van der Waals surface area contributed by atoms with Crippen LogP contribution in [0.5, 0.6) is 0 Å². The lowest BCUT2D eigenvalue weighted by Crippen LogP contribution is -2.04. The van der Waals surface area contributed by atoms with E-state index in [1.54, 1.807) is 0 Å². The van der Waals surface area contributed by atoms with Crippen LogP contribution in [0.3, 0.4) is 0 Å². The van der Waals surface area contributed by atoms with Gasteiger partial charge in [-0.3, -0.25) is 0 Å². The second kappa shape index (κ2) is 17.7. The molecule has 0 fully saturated rings. The van der Waals surface area contributed by atoms with Gasteiger partial charge in [0.15, 0.2) is 0 Å². The van der Waals surface area contributed by atoms with Crippen molar-refractivity contribution in [3.8, 4) is 0 Å². The molecule has 0 aliphatic heterocycles. The summed E-state index contributed by atoms with van der Waals surface area (Å²) in [6, 6.07) is 0. The maximum absolute atomic E-state index is 10.3. The summed E-state index contributed by atoms with van der Waals surface area (Å²) in [6.07, 6.45) is 17.3. The second-order valence-corrected chi connectivity index (χ2v) is 13.8. The van der Waals surface area contributed by atoms with Crippen LogP contribution in [0.4, 0.5) is 0 Å². The van der Waals surface area contributed by atoms with Crippen molar-refractivity contribution in [3.05, 3.63) is 0 Å². The molecule has 0 bridgehead atoms. The lowest BCUT2D eigenvalue weighted by molar-refractivity contribution is 0.459. The monoisotopic (exact) mass is 396 g/mol. The highest BCUT2D eigenvalue weighted by atomic mass is 32.2. The largest absolute Gasteiger partial charge is 0.748 e. The highest BCUT2D eigenvalue weighted by Crippen LogP contribution is 2.57. The van der Waals surface area contributed by atoms with Gasteiger partial charge in [0.05, 0.1) is 34.8 Å². The Bertz CT molecular complexity index is 348. The maximum Gasteiger partial charge on any atom is 0.0945 e. The predicted molar refractivity (Wildman–Crippen MR) is 115 cm³/mol. The highest BCUT2D eigenvalue weighted by Gasteiger charge is 2.27. The van der Waals surface area contributed by atoms with Gasteiger partial charge in [0.1, 0.15) is 0 Å². The Morgan fingerprint density at radius 3 is 1.16 bits per heavy atom. The summed E-state index contributed by atoms with van der Waals surface area (Å²) in [4.78, 5) is 0. The molecule has 3 nitrogen and oxygen atoms in total. The van der Waals surface area contributed by atoms with Crippen LogP contribution >= 0.6 is 7.26 Å². The van der Waals surface area contributed by atoms with Gasteiger partial charge in [0.25, 0.3) is 0 Å². The van der Waals surface area contributed by atoms with Gasteiger partial charge in [-0.15, -0.1) is 0 Å². The first-order chi connectivity index (χ1) is 11.8. The summed E-state index contributed by atoms with van der Waals surface area (Å²) >= 11 is 0. The lowest BCUT2D eigenvalue weighted by Gasteiger charge is -2.20. The van der Waals surface area contributed by atoms with Gasteiger partial charge >= 0.3 is 0 Å². The third-order valence-electron chi connectivity index (χ3n) is 5.43. The number of hydrogen-bond acceptors (Lipinski definition) is 3. The van der Waals surface area contributed by atoms with Crippen molar-refractivity contribution in [2.24, 2.45) is 0 Å². The molecule has 0 aromatic rings. The predicted octanol–water partition coefficient (Wildman–Crippen LogP) is 6.54. The molecule has 0 saturated heterocycles. The fourth-order valence-electron chi connectivity index (χ4n) is 3.11. The van der Waals surface area contributed by atoms with Crippen LogP contribution in [0.15, 0.2) is 0 Å². The smallest absolute Gasteiger partial charge is 0.0945 e. The second-order valence-electron chi connectivity index (χ2n) is 7.05. The van der Waals surface area contributed by atoms with Gasteiger partial charge in [-0.25, -0.2) is 8.42 Å². The van der Waals surface area contributed by atoms with Crippen LogP contribution in [0, 0.1) is 0 Å². The van der Waals surface area contributed by atoms with Crippen molar-refractivity contribution in [1.82, 2.24) is 0 Å². The van der Waals surface area contributed by atoms with E-state index in [4.69, 9.17) is 0 Å². The molecule has 0 N–H and O–H groups in total. The van der Waals surface area contributed by atoms with Crippen LogP contribution in [-0.4, -0.2) is 43.4 Å². The average molecular weight is 397 g/mol.